The van der Waals surface area contributed by atoms with Gasteiger partial charge in [-0.3, -0.25) is 4.79 Å². The van der Waals surface area contributed by atoms with Crippen LogP contribution in [0.15, 0.2) is 52.9 Å². The lowest BCUT2D eigenvalue weighted by Gasteiger charge is -2.34. The molecule has 0 N–H and O–H groups in total. The lowest BCUT2D eigenvalue weighted by atomic mass is 10.0. The minimum atomic E-state index is 0.228. The van der Waals surface area contributed by atoms with E-state index in [1.54, 1.807) is 0 Å². The maximum absolute atomic E-state index is 11.5. The molecule has 1 saturated heterocycles. The van der Waals surface area contributed by atoms with E-state index >= 15 is 0 Å². The number of fused-ring (bicyclic) bond motifs is 1. The Morgan fingerprint density at radius 1 is 1.11 bits per heavy atom. The van der Waals surface area contributed by atoms with Gasteiger partial charge in [0.2, 0.25) is 0 Å². The number of piperidine rings is 1. The highest BCUT2D eigenvalue weighted by atomic mass is 16.5. The van der Waals surface area contributed by atoms with E-state index in [0.717, 1.165) is 54.5 Å². The number of ether oxygens (including phenoxy) is 1. The fourth-order valence-electron chi connectivity index (χ4n) is 3.86. The Kier molecular flexibility index (Phi) is 4.99. The molecular weight excluding hydrogens is 338 g/mol. The van der Waals surface area contributed by atoms with Crippen LogP contribution >= 0.6 is 0 Å². The lowest BCUT2D eigenvalue weighted by Crippen LogP contribution is -2.41. The van der Waals surface area contributed by atoms with Gasteiger partial charge in [0.15, 0.2) is 12.0 Å². The van der Waals surface area contributed by atoms with Crippen LogP contribution in [0, 0.1) is 0 Å². The zero-order chi connectivity index (χ0) is 18.8. The van der Waals surface area contributed by atoms with Gasteiger partial charge in [-0.1, -0.05) is 30.3 Å². The Balaban J connectivity index is 1.58. The summed E-state index contributed by atoms with van der Waals surface area (Å²) in [5.74, 6) is 1.16. The molecule has 0 aliphatic carbocycles. The molecule has 140 valence electrons. The molecule has 0 atom stereocenters. The van der Waals surface area contributed by atoms with Crippen molar-refractivity contribution < 1.29 is 13.9 Å². The third-order valence-corrected chi connectivity index (χ3v) is 5.37. The molecule has 4 heteroatoms. The van der Waals surface area contributed by atoms with E-state index < -0.39 is 0 Å². The van der Waals surface area contributed by atoms with Gasteiger partial charge >= 0.3 is 0 Å². The van der Waals surface area contributed by atoms with Gasteiger partial charge < -0.3 is 14.1 Å². The number of likely N-dealkylation sites (tertiary alicyclic amines) is 1. The van der Waals surface area contributed by atoms with Crippen LogP contribution in [0.2, 0.25) is 0 Å². The first-order chi connectivity index (χ1) is 13.2. The maximum atomic E-state index is 11.5. The van der Waals surface area contributed by atoms with Crippen molar-refractivity contribution in [1.82, 2.24) is 4.90 Å². The molecule has 0 saturated carbocycles. The summed E-state index contributed by atoms with van der Waals surface area (Å²) in [5, 5.41) is 0.935. The topological polar surface area (TPSA) is 42.7 Å². The van der Waals surface area contributed by atoms with Crippen molar-refractivity contribution in [1.29, 1.82) is 0 Å². The summed E-state index contributed by atoms with van der Waals surface area (Å²) in [7, 11) is 0. The summed E-state index contributed by atoms with van der Waals surface area (Å²) in [4.78, 5) is 14.0. The first-order valence-corrected chi connectivity index (χ1v) is 9.63. The molecule has 1 aliphatic heterocycles. The highest BCUT2D eigenvalue weighted by molar-refractivity contribution is 6.02. The van der Waals surface area contributed by atoms with E-state index in [1.807, 2.05) is 48.5 Å². The molecule has 4 rings (SSSR count). The Hall–Kier alpha value is -2.59. The van der Waals surface area contributed by atoms with Crippen molar-refractivity contribution in [3.05, 3.63) is 54.3 Å². The first-order valence-electron chi connectivity index (χ1n) is 9.63. The van der Waals surface area contributed by atoms with Crippen molar-refractivity contribution in [3.63, 3.8) is 0 Å². The second-order valence-electron chi connectivity index (χ2n) is 7.43. The highest BCUT2D eigenvalue weighted by Gasteiger charge is 2.22. The minimum absolute atomic E-state index is 0.228. The smallest absolute Gasteiger partial charge is 0.186 e. The second kappa shape index (κ2) is 7.57. The third kappa shape index (κ3) is 3.62. The van der Waals surface area contributed by atoms with Crippen molar-refractivity contribution in [2.24, 2.45) is 0 Å². The molecule has 2 heterocycles. The molecule has 0 radical (unpaired) electrons. The van der Waals surface area contributed by atoms with Crippen LogP contribution in [-0.4, -0.2) is 36.4 Å². The number of nitrogens with zero attached hydrogens (tertiary/aromatic N) is 1. The van der Waals surface area contributed by atoms with Crippen molar-refractivity contribution in [3.8, 4) is 16.9 Å². The predicted molar refractivity (Wildman–Crippen MR) is 107 cm³/mol. The van der Waals surface area contributed by atoms with Crippen LogP contribution < -0.4 is 4.74 Å². The molecule has 27 heavy (non-hydrogen) atoms. The van der Waals surface area contributed by atoms with Gasteiger partial charge in [-0.2, -0.15) is 0 Å². The van der Waals surface area contributed by atoms with Gasteiger partial charge in [0.1, 0.15) is 17.4 Å². The average molecular weight is 363 g/mol. The molecule has 0 unspecified atom stereocenters. The Morgan fingerprint density at radius 2 is 1.85 bits per heavy atom. The van der Waals surface area contributed by atoms with Crippen LogP contribution in [0.25, 0.3) is 22.1 Å². The summed E-state index contributed by atoms with van der Waals surface area (Å²) in [5.41, 5.74) is 2.51. The van der Waals surface area contributed by atoms with E-state index in [2.05, 4.69) is 18.7 Å². The van der Waals surface area contributed by atoms with Crippen LogP contribution in [0.1, 0.15) is 37.2 Å². The zero-order valence-electron chi connectivity index (χ0n) is 15.9. The monoisotopic (exact) mass is 363 g/mol. The van der Waals surface area contributed by atoms with Crippen molar-refractivity contribution >= 4 is 17.3 Å². The Bertz CT molecular complexity index is 921. The Labute approximate surface area is 159 Å². The van der Waals surface area contributed by atoms with Crippen LogP contribution in [0.5, 0.6) is 5.75 Å². The SMILES string of the molecule is CC(C)N1CCC(Oc2ccc3c(-c4ccccc4)c(C=O)oc3c2)CC1. The first kappa shape index (κ1) is 17.8. The summed E-state index contributed by atoms with van der Waals surface area (Å²) in [6.07, 6.45) is 3.07. The largest absolute Gasteiger partial charge is 0.490 e. The lowest BCUT2D eigenvalue weighted by molar-refractivity contribution is 0.0843. The van der Waals surface area contributed by atoms with Gasteiger partial charge in [0.25, 0.3) is 0 Å². The molecule has 2 aromatic carbocycles. The molecule has 1 aromatic heterocycles. The fraction of sp³-hybridized carbons (Fsp3) is 0.348. The number of carbonyl (C=O) groups is 1. The molecular formula is C23H25NO3. The number of rotatable bonds is 5. The predicted octanol–water partition coefficient (Wildman–Crippen LogP) is 5.16. The van der Waals surface area contributed by atoms with Crippen molar-refractivity contribution in [2.45, 2.75) is 38.8 Å². The van der Waals surface area contributed by atoms with Crippen molar-refractivity contribution in [2.75, 3.05) is 13.1 Å². The number of carbonyl (C=O) groups excluding carboxylic acids is 1. The quantitative estimate of drug-likeness (QED) is 0.587. The number of furan rings is 1. The Morgan fingerprint density at radius 3 is 2.52 bits per heavy atom. The average Bonchev–Trinajstić information content (AvgIpc) is 3.07. The number of hydrogen-bond donors (Lipinski definition) is 0. The summed E-state index contributed by atoms with van der Waals surface area (Å²) < 4.78 is 12.0. The molecule has 1 aliphatic rings. The molecule has 1 fully saturated rings. The molecule has 0 amide bonds. The third-order valence-electron chi connectivity index (χ3n) is 5.37. The summed E-state index contributed by atoms with van der Waals surface area (Å²) in [6, 6.07) is 16.3. The summed E-state index contributed by atoms with van der Waals surface area (Å²) >= 11 is 0. The van der Waals surface area contributed by atoms with E-state index in [0.29, 0.717) is 17.4 Å². The van der Waals surface area contributed by atoms with E-state index in [1.165, 1.54) is 0 Å². The van der Waals surface area contributed by atoms with E-state index in [-0.39, 0.29) is 6.10 Å². The number of benzene rings is 2. The molecule has 4 nitrogen and oxygen atoms in total. The maximum Gasteiger partial charge on any atom is 0.186 e. The van der Waals surface area contributed by atoms with Gasteiger partial charge in [-0.05, 0) is 44.4 Å². The summed E-state index contributed by atoms with van der Waals surface area (Å²) in [6.45, 7) is 6.61. The second-order valence-corrected chi connectivity index (χ2v) is 7.43. The molecule has 0 bridgehead atoms. The number of hydrogen-bond acceptors (Lipinski definition) is 4. The fourth-order valence-corrected chi connectivity index (χ4v) is 3.86. The van der Waals surface area contributed by atoms with E-state index in [4.69, 9.17) is 9.15 Å². The minimum Gasteiger partial charge on any atom is -0.490 e. The van der Waals surface area contributed by atoms with Gasteiger partial charge in [-0.15, -0.1) is 0 Å². The highest BCUT2D eigenvalue weighted by Crippen LogP contribution is 2.36. The number of aldehydes is 1. The standard InChI is InChI=1S/C23H25NO3/c1-16(2)24-12-10-18(11-13-24)26-19-8-9-20-21(14-19)27-22(15-25)23(20)17-6-4-3-5-7-17/h3-9,14-16,18H,10-13H2,1-2H3. The normalized spacial score (nSPS) is 16.1. The van der Waals surface area contributed by atoms with Crippen LogP contribution in [0.3, 0.4) is 0 Å². The van der Waals surface area contributed by atoms with Crippen LogP contribution in [0.4, 0.5) is 0 Å². The molecule has 0 spiro atoms. The zero-order valence-corrected chi connectivity index (χ0v) is 15.9. The van der Waals surface area contributed by atoms with Gasteiger partial charge in [-0.25, -0.2) is 0 Å². The van der Waals surface area contributed by atoms with Crippen LogP contribution in [-0.2, 0) is 0 Å². The molecule has 3 aromatic rings. The van der Waals surface area contributed by atoms with E-state index in [9.17, 15) is 4.79 Å². The van der Waals surface area contributed by atoms with Gasteiger partial charge in [0.05, 0.1) is 0 Å². The van der Waals surface area contributed by atoms with Gasteiger partial charge in [0, 0.05) is 36.1 Å².